The molecule has 0 aromatic heterocycles. The van der Waals surface area contributed by atoms with Crippen LogP contribution in [0, 0.1) is 5.41 Å². The predicted molar refractivity (Wildman–Crippen MR) is 51.7 cm³/mol. The van der Waals surface area contributed by atoms with E-state index in [0.29, 0.717) is 6.42 Å². The average molecular weight is 177 g/mol. The number of rotatable bonds is 4. The summed E-state index contributed by atoms with van der Waals surface area (Å²) in [7, 11) is 0. The third-order valence-corrected chi connectivity index (χ3v) is 1.69. The SMILES string of the molecule is N=CN(N)c1ccc(CC=O)cc1. The fourth-order valence-electron chi connectivity index (χ4n) is 0.975. The van der Waals surface area contributed by atoms with Gasteiger partial charge in [-0.3, -0.25) is 10.4 Å². The minimum atomic E-state index is 0.412. The maximum atomic E-state index is 10.2. The van der Waals surface area contributed by atoms with Gasteiger partial charge in [-0.25, -0.2) is 5.84 Å². The summed E-state index contributed by atoms with van der Waals surface area (Å²) in [4.78, 5) is 10.2. The van der Waals surface area contributed by atoms with Crippen LogP contribution in [-0.4, -0.2) is 12.6 Å². The molecule has 0 aliphatic heterocycles. The van der Waals surface area contributed by atoms with Gasteiger partial charge in [0.25, 0.3) is 0 Å². The van der Waals surface area contributed by atoms with Crippen LogP contribution in [0.4, 0.5) is 5.69 Å². The lowest BCUT2D eigenvalue weighted by molar-refractivity contribution is -0.107. The van der Waals surface area contributed by atoms with Crippen molar-refractivity contribution in [3.63, 3.8) is 0 Å². The molecule has 0 aliphatic rings. The molecule has 3 N–H and O–H groups in total. The normalized spacial score (nSPS) is 9.31. The molecule has 0 atom stereocenters. The highest BCUT2D eigenvalue weighted by Crippen LogP contribution is 2.10. The molecule has 0 saturated heterocycles. The number of hydrogen-bond donors (Lipinski definition) is 2. The summed E-state index contributed by atoms with van der Waals surface area (Å²) < 4.78 is 0. The van der Waals surface area contributed by atoms with Crippen molar-refractivity contribution in [2.75, 3.05) is 5.01 Å². The average Bonchev–Trinajstić information content (AvgIpc) is 2.18. The lowest BCUT2D eigenvalue weighted by atomic mass is 10.1. The van der Waals surface area contributed by atoms with Gasteiger partial charge in [0.05, 0.1) is 5.69 Å². The molecule has 0 aliphatic carbocycles. The topological polar surface area (TPSA) is 70.2 Å². The third-order valence-electron chi connectivity index (χ3n) is 1.69. The number of carbonyl (C=O) groups is 1. The number of anilines is 1. The van der Waals surface area contributed by atoms with Crippen molar-refractivity contribution in [1.82, 2.24) is 0 Å². The lowest BCUT2D eigenvalue weighted by Crippen LogP contribution is -2.28. The second kappa shape index (κ2) is 4.37. The molecule has 13 heavy (non-hydrogen) atoms. The number of nitrogens with zero attached hydrogens (tertiary/aromatic N) is 1. The highest BCUT2D eigenvalue weighted by molar-refractivity contribution is 5.75. The van der Waals surface area contributed by atoms with Crippen molar-refractivity contribution in [2.24, 2.45) is 5.84 Å². The minimum Gasteiger partial charge on any atom is -0.303 e. The fraction of sp³-hybridized carbons (Fsp3) is 0.111. The first-order chi connectivity index (χ1) is 6.27. The highest BCUT2D eigenvalue weighted by Gasteiger charge is 1.97. The van der Waals surface area contributed by atoms with E-state index in [9.17, 15) is 4.79 Å². The molecule has 0 radical (unpaired) electrons. The molecule has 0 unspecified atom stereocenters. The number of nitrogens with one attached hydrogen (secondary N) is 1. The number of hydrazine groups is 1. The molecule has 0 amide bonds. The number of benzene rings is 1. The molecule has 1 rings (SSSR count). The van der Waals surface area contributed by atoms with Crippen LogP contribution in [0.1, 0.15) is 5.56 Å². The molecule has 4 nitrogen and oxygen atoms in total. The molecular formula is C9H11N3O. The first-order valence-electron chi connectivity index (χ1n) is 3.85. The molecule has 0 heterocycles. The van der Waals surface area contributed by atoms with Crippen LogP contribution in [0.15, 0.2) is 24.3 Å². The van der Waals surface area contributed by atoms with E-state index < -0.39 is 0 Å². The number of carbonyl (C=O) groups excluding carboxylic acids is 1. The maximum absolute atomic E-state index is 10.2. The summed E-state index contributed by atoms with van der Waals surface area (Å²) in [5.41, 5.74) is 1.67. The van der Waals surface area contributed by atoms with Crippen LogP contribution >= 0.6 is 0 Å². The molecule has 1 aromatic rings. The fourth-order valence-corrected chi connectivity index (χ4v) is 0.975. The summed E-state index contributed by atoms with van der Waals surface area (Å²) in [6.07, 6.45) is 2.29. The number of aldehydes is 1. The zero-order valence-electron chi connectivity index (χ0n) is 7.10. The van der Waals surface area contributed by atoms with Gasteiger partial charge in [0.15, 0.2) is 0 Å². The third kappa shape index (κ3) is 2.38. The first-order valence-corrected chi connectivity index (χ1v) is 3.85. The van der Waals surface area contributed by atoms with Crippen molar-refractivity contribution in [3.8, 4) is 0 Å². The van der Waals surface area contributed by atoms with Crippen LogP contribution in [-0.2, 0) is 11.2 Å². The monoisotopic (exact) mass is 177 g/mol. The summed E-state index contributed by atoms with van der Waals surface area (Å²) in [5, 5.41) is 8.10. The van der Waals surface area contributed by atoms with E-state index in [0.717, 1.165) is 23.9 Å². The maximum Gasteiger partial charge on any atom is 0.124 e. The standard InChI is InChI=1S/C9H11N3O/c10-7-12(11)9-3-1-8(2-4-9)5-6-13/h1-4,6-7,10H,5,11H2. The Morgan fingerprint density at radius 3 is 2.46 bits per heavy atom. The van der Waals surface area contributed by atoms with Crippen LogP contribution in [0.3, 0.4) is 0 Å². The Labute approximate surface area is 76.4 Å². The Balaban J connectivity index is 2.80. The van der Waals surface area contributed by atoms with E-state index in [1.807, 2.05) is 12.1 Å². The quantitative estimate of drug-likeness (QED) is 0.234. The van der Waals surface area contributed by atoms with Gasteiger partial charge in [-0.1, -0.05) is 12.1 Å². The summed E-state index contributed by atoms with van der Waals surface area (Å²) in [5.74, 6) is 5.44. The van der Waals surface area contributed by atoms with Gasteiger partial charge in [-0.15, -0.1) is 0 Å². The molecule has 4 heteroatoms. The zero-order valence-corrected chi connectivity index (χ0v) is 7.10. The van der Waals surface area contributed by atoms with Crippen LogP contribution in [0.25, 0.3) is 0 Å². The molecule has 0 fully saturated rings. The van der Waals surface area contributed by atoms with Gasteiger partial charge in [-0.2, -0.15) is 0 Å². The van der Waals surface area contributed by atoms with Crippen molar-refractivity contribution < 1.29 is 4.79 Å². The molecular weight excluding hydrogens is 166 g/mol. The van der Waals surface area contributed by atoms with E-state index >= 15 is 0 Å². The van der Waals surface area contributed by atoms with Gasteiger partial charge in [0, 0.05) is 6.42 Å². The van der Waals surface area contributed by atoms with E-state index in [4.69, 9.17) is 11.3 Å². The number of hydrogen-bond acceptors (Lipinski definition) is 3. The summed E-state index contributed by atoms with van der Waals surface area (Å²) in [6, 6.07) is 7.16. The summed E-state index contributed by atoms with van der Waals surface area (Å²) >= 11 is 0. The smallest absolute Gasteiger partial charge is 0.124 e. The van der Waals surface area contributed by atoms with Crippen molar-refractivity contribution in [3.05, 3.63) is 29.8 Å². The van der Waals surface area contributed by atoms with Crippen molar-refractivity contribution >= 4 is 18.3 Å². The van der Waals surface area contributed by atoms with Crippen molar-refractivity contribution in [2.45, 2.75) is 6.42 Å². The van der Waals surface area contributed by atoms with Crippen LogP contribution < -0.4 is 10.9 Å². The zero-order chi connectivity index (χ0) is 9.68. The van der Waals surface area contributed by atoms with Gasteiger partial charge >= 0.3 is 0 Å². The number of nitrogens with two attached hydrogens (primary N) is 1. The van der Waals surface area contributed by atoms with Crippen molar-refractivity contribution in [1.29, 1.82) is 5.41 Å². The van der Waals surface area contributed by atoms with Crippen LogP contribution in [0.2, 0.25) is 0 Å². The second-order valence-electron chi connectivity index (χ2n) is 2.57. The Kier molecular flexibility index (Phi) is 3.16. The molecule has 0 bridgehead atoms. The highest BCUT2D eigenvalue weighted by atomic mass is 16.1. The Morgan fingerprint density at radius 2 is 2.00 bits per heavy atom. The minimum absolute atomic E-state index is 0.412. The van der Waals surface area contributed by atoms with Crippen LogP contribution in [0.5, 0.6) is 0 Å². The molecule has 0 saturated carbocycles. The van der Waals surface area contributed by atoms with E-state index in [-0.39, 0.29) is 0 Å². The van der Waals surface area contributed by atoms with E-state index in [2.05, 4.69) is 0 Å². The molecule has 0 spiro atoms. The van der Waals surface area contributed by atoms with Gasteiger partial charge < -0.3 is 4.79 Å². The van der Waals surface area contributed by atoms with E-state index in [1.165, 1.54) is 5.01 Å². The predicted octanol–water partition coefficient (Wildman–Crippen LogP) is 0.715. The largest absolute Gasteiger partial charge is 0.303 e. The Bertz CT molecular complexity index is 294. The van der Waals surface area contributed by atoms with Gasteiger partial charge in [0.1, 0.15) is 12.6 Å². The van der Waals surface area contributed by atoms with E-state index in [1.54, 1.807) is 12.1 Å². The molecule has 1 aromatic carbocycles. The first kappa shape index (κ1) is 9.41. The Morgan fingerprint density at radius 1 is 1.38 bits per heavy atom. The second-order valence-corrected chi connectivity index (χ2v) is 2.57. The summed E-state index contributed by atoms with van der Waals surface area (Å²) in [6.45, 7) is 0. The molecule has 68 valence electrons. The van der Waals surface area contributed by atoms with Gasteiger partial charge in [-0.05, 0) is 17.7 Å². The Hall–Kier alpha value is -1.68. The van der Waals surface area contributed by atoms with Gasteiger partial charge in [0.2, 0.25) is 0 Å². The lowest BCUT2D eigenvalue weighted by Gasteiger charge is -2.11.